The minimum atomic E-state index is -0.751. The van der Waals surface area contributed by atoms with Gasteiger partial charge in [-0.25, -0.2) is 4.39 Å². The van der Waals surface area contributed by atoms with Crippen molar-refractivity contribution in [3.8, 4) is 5.75 Å². The van der Waals surface area contributed by atoms with Crippen LogP contribution < -0.4 is 4.74 Å². The Bertz CT molecular complexity index is 543. The molecule has 1 atom stereocenters. The molecule has 0 spiro atoms. The molecule has 0 saturated carbocycles. The average molecular weight is 330 g/mol. The van der Waals surface area contributed by atoms with E-state index < -0.39 is 17.2 Å². The van der Waals surface area contributed by atoms with Gasteiger partial charge in [0.15, 0.2) is 11.6 Å². The third-order valence-electron chi connectivity index (χ3n) is 4.45. The van der Waals surface area contributed by atoms with Crippen LogP contribution in [-0.2, 0) is 11.3 Å². The van der Waals surface area contributed by atoms with Crippen molar-refractivity contribution in [2.45, 2.75) is 32.7 Å². The SMILES string of the molecule is CC[C@@]1(C(=O)O)CCCN(Cc2cc(F)c(OC)c(Cl)c2)C1. The first-order valence-electron chi connectivity index (χ1n) is 7.39. The van der Waals surface area contributed by atoms with Crippen molar-refractivity contribution in [1.82, 2.24) is 4.90 Å². The standard InChI is InChI=1S/C16H21ClFNO3/c1-3-16(15(20)21)5-4-6-19(10-16)9-11-7-12(17)14(22-2)13(18)8-11/h7-8H,3-6,9-10H2,1-2H3,(H,20,21)/t16-/m1/s1. The van der Waals surface area contributed by atoms with Crippen molar-refractivity contribution in [3.05, 3.63) is 28.5 Å². The molecule has 122 valence electrons. The molecule has 0 aliphatic carbocycles. The summed E-state index contributed by atoms with van der Waals surface area (Å²) in [6.07, 6.45) is 2.11. The Labute approximate surface area is 134 Å². The number of benzene rings is 1. The van der Waals surface area contributed by atoms with Gasteiger partial charge in [0.25, 0.3) is 0 Å². The lowest BCUT2D eigenvalue weighted by Gasteiger charge is -2.39. The van der Waals surface area contributed by atoms with Crippen LogP contribution in [0.5, 0.6) is 5.75 Å². The predicted octanol–water partition coefficient (Wildman–Crippen LogP) is 3.56. The van der Waals surface area contributed by atoms with Crippen LogP contribution >= 0.6 is 11.6 Å². The van der Waals surface area contributed by atoms with E-state index in [1.165, 1.54) is 13.2 Å². The Kier molecular flexibility index (Phi) is 5.29. The number of hydrogen-bond acceptors (Lipinski definition) is 3. The first kappa shape index (κ1) is 17.0. The monoisotopic (exact) mass is 329 g/mol. The van der Waals surface area contributed by atoms with Gasteiger partial charge in [0.1, 0.15) is 0 Å². The molecule has 0 radical (unpaired) electrons. The van der Waals surface area contributed by atoms with Gasteiger partial charge in [-0.3, -0.25) is 9.69 Å². The highest BCUT2D eigenvalue weighted by Crippen LogP contribution is 2.35. The molecule has 1 N–H and O–H groups in total. The van der Waals surface area contributed by atoms with E-state index in [0.29, 0.717) is 25.9 Å². The Morgan fingerprint density at radius 3 is 2.82 bits per heavy atom. The summed E-state index contributed by atoms with van der Waals surface area (Å²) in [6, 6.07) is 3.07. The lowest BCUT2D eigenvalue weighted by molar-refractivity contribution is -0.153. The van der Waals surface area contributed by atoms with Gasteiger partial charge in [-0.2, -0.15) is 0 Å². The number of piperidine rings is 1. The molecule has 1 aromatic carbocycles. The fourth-order valence-corrected chi connectivity index (χ4v) is 3.44. The van der Waals surface area contributed by atoms with E-state index in [0.717, 1.165) is 18.5 Å². The number of halogens is 2. The second kappa shape index (κ2) is 6.84. The Balaban J connectivity index is 2.15. The first-order chi connectivity index (χ1) is 10.4. The number of rotatable bonds is 5. The zero-order valence-electron chi connectivity index (χ0n) is 12.9. The number of likely N-dealkylation sites (tertiary alicyclic amines) is 1. The zero-order chi connectivity index (χ0) is 16.3. The van der Waals surface area contributed by atoms with Crippen molar-refractivity contribution in [2.75, 3.05) is 20.2 Å². The largest absolute Gasteiger partial charge is 0.492 e. The number of methoxy groups -OCH3 is 1. The molecule has 0 bridgehead atoms. The Hall–Kier alpha value is -1.33. The minimum absolute atomic E-state index is 0.0394. The van der Waals surface area contributed by atoms with E-state index in [2.05, 4.69) is 4.90 Å². The number of hydrogen-bond donors (Lipinski definition) is 1. The third-order valence-corrected chi connectivity index (χ3v) is 4.74. The van der Waals surface area contributed by atoms with Crippen molar-refractivity contribution in [1.29, 1.82) is 0 Å². The number of ether oxygens (including phenoxy) is 1. The predicted molar refractivity (Wildman–Crippen MR) is 82.8 cm³/mol. The summed E-state index contributed by atoms with van der Waals surface area (Å²) in [5, 5.41) is 9.74. The molecule has 1 saturated heterocycles. The number of carbonyl (C=O) groups is 1. The molecule has 1 heterocycles. The maximum Gasteiger partial charge on any atom is 0.310 e. The molecule has 2 rings (SSSR count). The second-order valence-corrected chi connectivity index (χ2v) is 6.25. The number of aliphatic carboxylic acids is 1. The van der Waals surface area contributed by atoms with Crippen LogP contribution in [0.3, 0.4) is 0 Å². The lowest BCUT2D eigenvalue weighted by Crippen LogP contribution is -2.47. The van der Waals surface area contributed by atoms with E-state index in [9.17, 15) is 14.3 Å². The molecule has 22 heavy (non-hydrogen) atoms. The molecule has 0 amide bonds. The fourth-order valence-electron chi connectivity index (χ4n) is 3.13. The maximum absolute atomic E-state index is 13.9. The lowest BCUT2D eigenvalue weighted by atomic mass is 9.77. The minimum Gasteiger partial charge on any atom is -0.492 e. The molecular formula is C16H21ClFNO3. The van der Waals surface area contributed by atoms with Gasteiger partial charge in [-0.15, -0.1) is 0 Å². The summed E-state index contributed by atoms with van der Waals surface area (Å²) in [6.45, 7) is 3.67. The summed E-state index contributed by atoms with van der Waals surface area (Å²) in [7, 11) is 1.37. The average Bonchev–Trinajstić information content (AvgIpc) is 2.47. The summed E-state index contributed by atoms with van der Waals surface area (Å²) < 4.78 is 18.8. The molecule has 1 aliphatic rings. The Morgan fingerprint density at radius 2 is 2.27 bits per heavy atom. The molecular weight excluding hydrogens is 309 g/mol. The smallest absolute Gasteiger partial charge is 0.310 e. The van der Waals surface area contributed by atoms with Crippen LogP contribution in [0.2, 0.25) is 5.02 Å². The van der Waals surface area contributed by atoms with Crippen LogP contribution in [0, 0.1) is 11.2 Å². The van der Waals surface area contributed by atoms with Gasteiger partial charge in [0.2, 0.25) is 0 Å². The number of nitrogens with zero attached hydrogens (tertiary/aromatic N) is 1. The molecule has 1 aliphatic heterocycles. The van der Waals surface area contributed by atoms with Crippen LogP contribution in [-0.4, -0.2) is 36.2 Å². The van der Waals surface area contributed by atoms with E-state index in [1.807, 2.05) is 6.92 Å². The zero-order valence-corrected chi connectivity index (χ0v) is 13.6. The Morgan fingerprint density at radius 1 is 1.55 bits per heavy atom. The highest BCUT2D eigenvalue weighted by Gasteiger charge is 2.40. The molecule has 4 nitrogen and oxygen atoms in total. The summed E-state index contributed by atoms with van der Waals surface area (Å²) in [5.41, 5.74) is 0.0214. The van der Waals surface area contributed by atoms with Crippen molar-refractivity contribution >= 4 is 17.6 Å². The van der Waals surface area contributed by atoms with Gasteiger partial charge in [0, 0.05) is 13.1 Å². The number of carboxylic acid groups (broad SMARTS) is 1. The first-order valence-corrected chi connectivity index (χ1v) is 7.77. The van der Waals surface area contributed by atoms with Gasteiger partial charge in [-0.1, -0.05) is 18.5 Å². The highest BCUT2D eigenvalue weighted by atomic mass is 35.5. The van der Waals surface area contributed by atoms with Crippen molar-refractivity contribution in [3.63, 3.8) is 0 Å². The molecule has 6 heteroatoms. The molecule has 1 fully saturated rings. The molecule has 0 unspecified atom stereocenters. The molecule has 1 aromatic rings. The summed E-state index contributed by atoms with van der Waals surface area (Å²) in [5.74, 6) is -1.21. The maximum atomic E-state index is 13.9. The van der Waals surface area contributed by atoms with Crippen LogP contribution in [0.4, 0.5) is 4.39 Å². The third kappa shape index (κ3) is 3.36. The van der Waals surface area contributed by atoms with Crippen LogP contribution in [0.1, 0.15) is 31.7 Å². The van der Waals surface area contributed by atoms with Gasteiger partial charge in [0.05, 0.1) is 17.5 Å². The van der Waals surface area contributed by atoms with E-state index in [4.69, 9.17) is 16.3 Å². The second-order valence-electron chi connectivity index (χ2n) is 5.85. The van der Waals surface area contributed by atoms with Crippen LogP contribution in [0.15, 0.2) is 12.1 Å². The fraction of sp³-hybridized carbons (Fsp3) is 0.562. The van der Waals surface area contributed by atoms with E-state index >= 15 is 0 Å². The van der Waals surface area contributed by atoms with Gasteiger partial charge in [-0.05, 0) is 43.5 Å². The van der Waals surface area contributed by atoms with Gasteiger partial charge >= 0.3 is 5.97 Å². The highest BCUT2D eigenvalue weighted by molar-refractivity contribution is 6.32. The molecule has 0 aromatic heterocycles. The van der Waals surface area contributed by atoms with Gasteiger partial charge < -0.3 is 9.84 Å². The van der Waals surface area contributed by atoms with Crippen molar-refractivity contribution in [2.24, 2.45) is 5.41 Å². The summed E-state index contributed by atoms with van der Waals surface area (Å²) in [4.78, 5) is 13.6. The topological polar surface area (TPSA) is 49.8 Å². The van der Waals surface area contributed by atoms with Crippen molar-refractivity contribution < 1.29 is 19.0 Å². The summed E-state index contributed by atoms with van der Waals surface area (Å²) >= 11 is 6.01. The normalized spacial score (nSPS) is 22.5. The van der Waals surface area contributed by atoms with E-state index in [1.54, 1.807) is 6.07 Å². The number of carboxylic acids is 1. The van der Waals surface area contributed by atoms with Crippen LogP contribution in [0.25, 0.3) is 0 Å². The quantitative estimate of drug-likeness (QED) is 0.897. The van der Waals surface area contributed by atoms with E-state index in [-0.39, 0.29) is 10.8 Å².